The molecule has 0 unspecified atom stereocenters. The maximum atomic E-state index is 10.1. The molecule has 1 aromatic rings. The second kappa shape index (κ2) is 5.92. The molecule has 0 saturated carbocycles. The molecule has 1 N–H and O–H groups in total. The topological polar surface area (TPSA) is 38.1 Å². The number of aromatic nitrogens is 2. The van der Waals surface area contributed by atoms with Crippen molar-refractivity contribution >= 4 is 0 Å². The largest absolute Gasteiger partial charge is 0.504 e. The molecule has 0 spiro atoms. The van der Waals surface area contributed by atoms with E-state index in [1.54, 1.807) is 0 Å². The highest BCUT2D eigenvalue weighted by Gasteiger charge is 2.16. The molecular weight excluding hydrogens is 200 g/mol. The lowest BCUT2D eigenvalue weighted by molar-refractivity contribution is 0.452. The van der Waals surface area contributed by atoms with Gasteiger partial charge in [0.25, 0.3) is 0 Å². The quantitative estimate of drug-likeness (QED) is 0.806. The first-order valence-corrected chi connectivity index (χ1v) is 6.37. The Labute approximate surface area is 98.5 Å². The second-order valence-electron chi connectivity index (χ2n) is 4.81. The molecule has 0 radical (unpaired) electrons. The number of aromatic hydroxyl groups is 1. The molecule has 0 fully saturated rings. The first-order valence-electron chi connectivity index (χ1n) is 6.37. The van der Waals surface area contributed by atoms with Crippen molar-refractivity contribution in [3.05, 3.63) is 11.4 Å². The number of rotatable bonds is 6. The molecule has 0 aliphatic carbocycles. The van der Waals surface area contributed by atoms with Gasteiger partial charge in [-0.25, -0.2) is 0 Å². The Kier molecular flexibility index (Phi) is 4.84. The third-order valence-corrected chi connectivity index (χ3v) is 2.62. The molecule has 1 aromatic heterocycles. The van der Waals surface area contributed by atoms with Gasteiger partial charge in [0.1, 0.15) is 5.69 Å². The molecule has 16 heavy (non-hydrogen) atoms. The Balaban J connectivity index is 2.98. The van der Waals surface area contributed by atoms with E-state index in [4.69, 9.17) is 0 Å². The van der Waals surface area contributed by atoms with Gasteiger partial charge in [0.05, 0.1) is 5.69 Å². The summed E-state index contributed by atoms with van der Waals surface area (Å²) in [6, 6.07) is 0. The standard InChI is InChI=1S/C13H24N2O/c1-5-7-12-13(16)11(9-10(3)4)14-15(12)8-6-2/h10,16H,5-9H2,1-4H3. The normalized spacial score (nSPS) is 11.3. The average molecular weight is 224 g/mol. The van der Waals surface area contributed by atoms with Crippen molar-refractivity contribution in [3.8, 4) is 5.75 Å². The number of aryl methyl sites for hydroxylation is 1. The lowest BCUT2D eigenvalue weighted by Gasteiger charge is -2.04. The van der Waals surface area contributed by atoms with E-state index < -0.39 is 0 Å². The summed E-state index contributed by atoms with van der Waals surface area (Å²) in [5.41, 5.74) is 1.88. The summed E-state index contributed by atoms with van der Waals surface area (Å²) < 4.78 is 1.98. The highest BCUT2D eigenvalue weighted by atomic mass is 16.3. The lowest BCUT2D eigenvalue weighted by atomic mass is 10.1. The van der Waals surface area contributed by atoms with Crippen LogP contribution in [0.25, 0.3) is 0 Å². The summed E-state index contributed by atoms with van der Waals surface area (Å²) in [5, 5.41) is 14.7. The minimum Gasteiger partial charge on any atom is -0.504 e. The Morgan fingerprint density at radius 3 is 2.44 bits per heavy atom. The molecule has 0 atom stereocenters. The monoisotopic (exact) mass is 224 g/mol. The lowest BCUT2D eigenvalue weighted by Crippen LogP contribution is -2.05. The summed E-state index contributed by atoms with van der Waals surface area (Å²) in [5.74, 6) is 0.967. The fourth-order valence-corrected chi connectivity index (χ4v) is 1.95. The predicted octanol–water partition coefficient (Wildman–Crippen LogP) is 3.15. The van der Waals surface area contributed by atoms with Gasteiger partial charge in [-0.2, -0.15) is 5.10 Å². The van der Waals surface area contributed by atoms with Crippen LogP contribution in [0.2, 0.25) is 0 Å². The number of hydrogen-bond donors (Lipinski definition) is 1. The maximum absolute atomic E-state index is 10.1. The minimum atomic E-state index is 0.434. The highest BCUT2D eigenvalue weighted by molar-refractivity contribution is 5.32. The van der Waals surface area contributed by atoms with Crippen LogP contribution in [0.3, 0.4) is 0 Å². The van der Waals surface area contributed by atoms with E-state index >= 15 is 0 Å². The Morgan fingerprint density at radius 2 is 1.94 bits per heavy atom. The van der Waals surface area contributed by atoms with E-state index in [-0.39, 0.29) is 0 Å². The van der Waals surface area contributed by atoms with Crippen LogP contribution in [0.4, 0.5) is 0 Å². The average Bonchev–Trinajstić information content (AvgIpc) is 2.47. The zero-order valence-corrected chi connectivity index (χ0v) is 11.0. The van der Waals surface area contributed by atoms with E-state index in [2.05, 4.69) is 32.8 Å². The van der Waals surface area contributed by atoms with Crippen molar-refractivity contribution in [1.29, 1.82) is 0 Å². The molecule has 0 bridgehead atoms. The van der Waals surface area contributed by atoms with Gasteiger partial charge < -0.3 is 5.11 Å². The van der Waals surface area contributed by atoms with Gasteiger partial charge in [-0.15, -0.1) is 0 Å². The molecule has 92 valence electrons. The molecule has 0 aliphatic heterocycles. The van der Waals surface area contributed by atoms with E-state index in [0.29, 0.717) is 11.7 Å². The fourth-order valence-electron chi connectivity index (χ4n) is 1.95. The van der Waals surface area contributed by atoms with Crippen molar-refractivity contribution < 1.29 is 5.11 Å². The van der Waals surface area contributed by atoms with Gasteiger partial charge in [0.15, 0.2) is 5.75 Å². The van der Waals surface area contributed by atoms with E-state index in [9.17, 15) is 5.11 Å². The Morgan fingerprint density at radius 1 is 1.25 bits per heavy atom. The Hall–Kier alpha value is -0.990. The van der Waals surface area contributed by atoms with Gasteiger partial charge in [0, 0.05) is 6.54 Å². The summed E-state index contributed by atoms with van der Waals surface area (Å²) in [6.07, 6.45) is 3.87. The SMILES string of the molecule is CCCc1c(O)c(CC(C)C)nn1CCC. The van der Waals surface area contributed by atoms with Gasteiger partial charge in [-0.05, 0) is 25.2 Å². The van der Waals surface area contributed by atoms with Gasteiger partial charge in [-0.1, -0.05) is 34.1 Å². The molecule has 1 heterocycles. The van der Waals surface area contributed by atoms with Crippen LogP contribution in [-0.4, -0.2) is 14.9 Å². The molecule has 0 amide bonds. The first kappa shape index (κ1) is 13.1. The molecule has 1 rings (SSSR count). The van der Waals surface area contributed by atoms with Crippen LogP contribution >= 0.6 is 0 Å². The number of nitrogens with zero attached hydrogens (tertiary/aromatic N) is 2. The minimum absolute atomic E-state index is 0.434. The van der Waals surface area contributed by atoms with Crippen LogP contribution in [0.1, 0.15) is 51.9 Å². The van der Waals surface area contributed by atoms with Gasteiger partial charge >= 0.3 is 0 Å². The first-order chi connectivity index (χ1) is 7.60. The van der Waals surface area contributed by atoms with E-state index in [1.165, 1.54) is 0 Å². The zero-order chi connectivity index (χ0) is 12.1. The zero-order valence-electron chi connectivity index (χ0n) is 11.0. The van der Waals surface area contributed by atoms with Gasteiger partial charge in [-0.3, -0.25) is 4.68 Å². The van der Waals surface area contributed by atoms with Crippen LogP contribution in [0.5, 0.6) is 5.75 Å². The third-order valence-electron chi connectivity index (χ3n) is 2.62. The van der Waals surface area contributed by atoms with Crippen molar-refractivity contribution in [2.75, 3.05) is 0 Å². The molecule has 3 nitrogen and oxygen atoms in total. The van der Waals surface area contributed by atoms with Gasteiger partial charge in [0.2, 0.25) is 0 Å². The van der Waals surface area contributed by atoms with Crippen molar-refractivity contribution in [1.82, 2.24) is 9.78 Å². The molecule has 0 aromatic carbocycles. The smallest absolute Gasteiger partial charge is 0.160 e. The molecule has 0 saturated heterocycles. The van der Waals surface area contributed by atoms with E-state index in [1.807, 2.05) is 4.68 Å². The summed E-state index contributed by atoms with van der Waals surface area (Å²) in [6.45, 7) is 9.47. The van der Waals surface area contributed by atoms with Crippen LogP contribution < -0.4 is 0 Å². The second-order valence-corrected chi connectivity index (χ2v) is 4.81. The molecule has 3 heteroatoms. The summed E-state index contributed by atoms with van der Waals surface area (Å²) >= 11 is 0. The predicted molar refractivity (Wildman–Crippen MR) is 66.7 cm³/mol. The van der Waals surface area contributed by atoms with Crippen LogP contribution in [-0.2, 0) is 19.4 Å². The third kappa shape index (κ3) is 3.00. The number of hydrogen-bond acceptors (Lipinski definition) is 2. The molecular formula is C13H24N2O. The van der Waals surface area contributed by atoms with Crippen molar-refractivity contribution in [3.63, 3.8) is 0 Å². The molecule has 0 aliphatic rings. The van der Waals surface area contributed by atoms with Crippen molar-refractivity contribution in [2.45, 2.75) is 59.9 Å². The van der Waals surface area contributed by atoms with E-state index in [0.717, 1.165) is 43.6 Å². The summed E-state index contributed by atoms with van der Waals surface area (Å²) in [4.78, 5) is 0. The van der Waals surface area contributed by atoms with Crippen LogP contribution in [0.15, 0.2) is 0 Å². The Bertz CT molecular complexity index is 329. The van der Waals surface area contributed by atoms with Crippen molar-refractivity contribution in [2.24, 2.45) is 5.92 Å². The fraction of sp³-hybridized carbons (Fsp3) is 0.769. The summed E-state index contributed by atoms with van der Waals surface area (Å²) in [7, 11) is 0. The van der Waals surface area contributed by atoms with Crippen LogP contribution in [0, 0.1) is 5.92 Å². The maximum Gasteiger partial charge on any atom is 0.160 e. The highest BCUT2D eigenvalue weighted by Crippen LogP contribution is 2.25.